The van der Waals surface area contributed by atoms with Crippen LogP contribution in [0.25, 0.3) is 0 Å². The topological polar surface area (TPSA) is 81.4 Å². The van der Waals surface area contributed by atoms with Crippen molar-refractivity contribution in [1.82, 2.24) is 5.32 Å². The van der Waals surface area contributed by atoms with Gasteiger partial charge in [0.2, 0.25) is 0 Å². The summed E-state index contributed by atoms with van der Waals surface area (Å²) in [7, 11) is 0. The molecule has 1 aromatic carbocycles. The van der Waals surface area contributed by atoms with Crippen LogP contribution in [0, 0.1) is 0 Å². The zero-order chi connectivity index (χ0) is 16.2. The van der Waals surface area contributed by atoms with Gasteiger partial charge in [0, 0.05) is 12.0 Å². The minimum absolute atomic E-state index is 0.0618. The molecule has 0 heterocycles. The molecule has 0 aliphatic carbocycles. The molecule has 0 spiro atoms. The van der Waals surface area contributed by atoms with Crippen molar-refractivity contribution < 1.29 is 14.3 Å². The molecule has 5 nitrogen and oxygen atoms in total. The highest BCUT2D eigenvalue weighted by Crippen LogP contribution is 2.26. The van der Waals surface area contributed by atoms with Gasteiger partial charge in [-0.05, 0) is 32.4 Å². The number of hydrogen-bond donors (Lipinski definition) is 2. The molecule has 0 radical (unpaired) electrons. The van der Waals surface area contributed by atoms with Crippen LogP contribution in [0.5, 0.6) is 0 Å². The summed E-state index contributed by atoms with van der Waals surface area (Å²) >= 11 is 11.9. The van der Waals surface area contributed by atoms with Gasteiger partial charge in [0.25, 0.3) is 5.91 Å². The Morgan fingerprint density at radius 1 is 1.33 bits per heavy atom. The van der Waals surface area contributed by atoms with Crippen molar-refractivity contribution in [2.45, 2.75) is 38.8 Å². The highest BCUT2D eigenvalue weighted by atomic mass is 35.5. The number of primary amides is 1. The van der Waals surface area contributed by atoms with Crippen LogP contribution in [0.15, 0.2) is 18.2 Å². The molecule has 3 N–H and O–H groups in total. The van der Waals surface area contributed by atoms with E-state index in [4.69, 9.17) is 33.7 Å². The molecule has 0 saturated heterocycles. The number of amides is 2. The first-order valence-electron chi connectivity index (χ1n) is 6.31. The molecule has 0 bridgehead atoms. The Bertz CT molecular complexity index is 542. The zero-order valence-electron chi connectivity index (χ0n) is 12.1. The van der Waals surface area contributed by atoms with Crippen LogP contribution in [0.3, 0.4) is 0 Å². The van der Waals surface area contributed by atoms with Gasteiger partial charge in [0.1, 0.15) is 0 Å². The van der Waals surface area contributed by atoms with Crippen LogP contribution in [0.1, 0.15) is 26.3 Å². The number of halogens is 2. The minimum Gasteiger partial charge on any atom is -0.436 e. The molecule has 1 aromatic rings. The number of benzene rings is 1. The minimum atomic E-state index is -1.12. The maximum atomic E-state index is 11.7. The number of carbonyl (C=O) groups is 2. The van der Waals surface area contributed by atoms with E-state index < -0.39 is 23.6 Å². The maximum absolute atomic E-state index is 11.7. The molecular weight excluding hydrogens is 315 g/mol. The lowest BCUT2D eigenvalue weighted by Crippen LogP contribution is -2.45. The number of nitrogens with two attached hydrogens (primary N) is 1. The average molecular weight is 333 g/mol. The van der Waals surface area contributed by atoms with Crippen LogP contribution >= 0.6 is 23.2 Å². The van der Waals surface area contributed by atoms with E-state index in [0.29, 0.717) is 15.6 Å². The Morgan fingerprint density at radius 3 is 2.48 bits per heavy atom. The molecule has 0 aliphatic heterocycles. The van der Waals surface area contributed by atoms with Crippen molar-refractivity contribution in [1.29, 1.82) is 0 Å². The summed E-state index contributed by atoms with van der Waals surface area (Å²) < 4.78 is 5.06. The Labute approximate surface area is 133 Å². The summed E-state index contributed by atoms with van der Waals surface area (Å²) in [5.74, 6) is -0.755. The lowest BCUT2D eigenvalue weighted by molar-refractivity contribution is -0.126. The number of nitrogens with one attached hydrogen (secondary N) is 1. The average Bonchev–Trinajstić information content (AvgIpc) is 2.31. The molecule has 0 fully saturated rings. The summed E-state index contributed by atoms with van der Waals surface area (Å²) in [6.07, 6.45) is -1.78. The molecule has 7 heteroatoms. The Hall–Kier alpha value is -1.46. The van der Waals surface area contributed by atoms with Crippen molar-refractivity contribution in [3.8, 4) is 0 Å². The lowest BCUT2D eigenvalue weighted by Gasteiger charge is -2.22. The Morgan fingerprint density at radius 2 is 1.95 bits per heavy atom. The summed E-state index contributed by atoms with van der Waals surface area (Å²) in [4.78, 5) is 23.2. The van der Waals surface area contributed by atoms with Gasteiger partial charge < -0.3 is 15.8 Å². The Balaban J connectivity index is 2.82. The lowest BCUT2D eigenvalue weighted by atomic mass is 10.1. The quantitative estimate of drug-likeness (QED) is 0.889. The molecule has 1 unspecified atom stereocenters. The standard InChI is InChI=1S/C14H18Cl2N2O3/c1-14(2,3)18-13(20)21-10(12(17)19)7-8-5-4-6-9(15)11(8)16/h4-6,10H,7H2,1-3H3,(H2,17,19)(H,18,20). The van der Waals surface area contributed by atoms with Gasteiger partial charge in [-0.25, -0.2) is 4.79 Å². The molecule has 21 heavy (non-hydrogen) atoms. The van der Waals surface area contributed by atoms with Crippen molar-refractivity contribution >= 4 is 35.2 Å². The normalized spacial score (nSPS) is 12.6. The highest BCUT2D eigenvalue weighted by Gasteiger charge is 2.24. The van der Waals surface area contributed by atoms with Crippen molar-refractivity contribution in [2.24, 2.45) is 5.73 Å². The summed E-state index contributed by atoms with van der Waals surface area (Å²) in [5, 5.41) is 3.26. The van der Waals surface area contributed by atoms with Crippen LogP contribution in [-0.2, 0) is 16.0 Å². The second kappa shape index (κ2) is 7.00. The molecular formula is C14H18Cl2N2O3. The van der Waals surface area contributed by atoms with Gasteiger partial charge in [-0.1, -0.05) is 35.3 Å². The number of hydrogen-bond acceptors (Lipinski definition) is 3. The van der Waals surface area contributed by atoms with E-state index >= 15 is 0 Å². The number of rotatable bonds is 4. The van der Waals surface area contributed by atoms with Crippen LogP contribution < -0.4 is 11.1 Å². The second-order valence-corrected chi connectivity index (χ2v) is 6.37. The third-order valence-electron chi connectivity index (χ3n) is 2.48. The third kappa shape index (κ3) is 5.81. The van der Waals surface area contributed by atoms with Crippen LogP contribution in [0.4, 0.5) is 4.79 Å². The molecule has 2 amide bonds. The number of carbonyl (C=O) groups excluding carboxylic acids is 2. The zero-order valence-corrected chi connectivity index (χ0v) is 13.6. The van der Waals surface area contributed by atoms with Gasteiger partial charge in [0.15, 0.2) is 6.10 Å². The smallest absolute Gasteiger partial charge is 0.408 e. The summed E-state index contributed by atoms with van der Waals surface area (Å²) in [6, 6.07) is 5.01. The molecule has 0 aliphatic rings. The summed E-state index contributed by atoms with van der Waals surface area (Å²) in [5.41, 5.74) is 5.37. The molecule has 1 rings (SSSR count). The van der Waals surface area contributed by atoms with Gasteiger partial charge in [0.05, 0.1) is 10.0 Å². The SMILES string of the molecule is CC(C)(C)NC(=O)OC(Cc1cccc(Cl)c1Cl)C(N)=O. The van der Waals surface area contributed by atoms with Crippen molar-refractivity contribution in [2.75, 3.05) is 0 Å². The Kier molecular flexibility index (Phi) is 5.87. The first kappa shape index (κ1) is 17.6. The fourth-order valence-electron chi connectivity index (χ4n) is 1.57. The highest BCUT2D eigenvalue weighted by molar-refractivity contribution is 6.42. The molecule has 116 valence electrons. The fraction of sp³-hybridized carbons (Fsp3) is 0.429. The van der Waals surface area contributed by atoms with E-state index in [9.17, 15) is 9.59 Å². The van der Waals surface area contributed by atoms with Gasteiger partial charge in [-0.2, -0.15) is 0 Å². The third-order valence-corrected chi connectivity index (χ3v) is 3.34. The van der Waals surface area contributed by atoms with E-state index in [0.717, 1.165) is 0 Å². The molecule has 0 aromatic heterocycles. The van der Waals surface area contributed by atoms with Crippen molar-refractivity contribution in [3.63, 3.8) is 0 Å². The largest absolute Gasteiger partial charge is 0.436 e. The van der Waals surface area contributed by atoms with E-state index in [2.05, 4.69) is 5.32 Å². The predicted molar refractivity (Wildman–Crippen MR) is 82.5 cm³/mol. The van der Waals surface area contributed by atoms with Gasteiger partial charge in [-0.3, -0.25) is 4.79 Å². The number of ether oxygens (including phenoxy) is 1. The van der Waals surface area contributed by atoms with Gasteiger partial charge in [-0.15, -0.1) is 0 Å². The van der Waals surface area contributed by atoms with Crippen LogP contribution in [0.2, 0.25) is 10.0 Å². The number of alkyl carbamates (subject to hydrolysis) is 1. The second-order valence-electron chi connectivity index (χ2n) is 5.59. The first-order valence-corrected chi connectivity index (χ1v) is 7.07. The first-order chi connectivity index (χ1) is 9.60. The van der Waals surface area contributed by atoms with E-state index in [1.165, 1.54) is 0 Å². The van der Waals surface area contributed by atoms with Gasteiger partial charge >= 0.3 is 6.09 Å². The van der Waals surface area contributed by atoms with Crippen molar-refractivity contribution in [3.05, 3.63) is 33.8 Å². The summed E-state index contributed by atoms with van der Waals surface area (Å²) in [6.45, 7) is 5.38. The van der Waals surface area contributed by atoms with E-state index in [-0.39, 0.29) is 6.42 Å². The maximum Gasteiger partial charge on any atom is 0.408 e. The molecule has 1 atom stereocenters. The molecule has 0 saturated carbocycles. The predicted octanol–water partition coefficient (Wildman–Crippen LogP) is 2.91. The van der Waals surface area contributed by atoms with E-state index in [1.807, 2.05) is 0 Å². The van der Waals surface area contributed by atoms with E-state index in [1.54, 1.807) is 39.0 Å². The van der Waals surface area contributed by atoms with Crippen LogP contribution in [-0.4, -0.2) is 23.6 Å². The fourth-order valence-corrected chi connectivity index (χ4v) is 1.97. The monoisotopic (exact) mass is 332 g/mol.